The van der Waals surface area contributed by atoms with Crippen molar-refractivity contribution in [2.45, 2.75) is 38.0 Å². The van der Waals surface area contributed by atoms with E-state index in [9.17, 15) is 8.42 Å². The van der Waals surface area contributed by atoms with Gasteiger partial charge in [-0.3, -0.25) is 0 Å². The second-order valence-electron chi connectivity index (χ2n) is 6.26. The summed E-state index contributed by atoms with van der Waals surface area (Å²) in [6, 6.07) is 10.8. The molecule has 6 heteroatoms. The first-order chi connectivity index (χ1) is 11.9. The third-order valence-electron chi connectivity index (χ3n) is 3.96. The maximum Gasteiger partial charge on any atom is 0.269 e. The summed E-state index contributed by atoms with van der Waals surface area (Å²) in [7, 11) is -3.66. The topological polar surface area (TPSA) is 61.2 Å². The zero-order valence-electron chi connectivity index (χ0n) is 14.6. The second-order valence-corrected chi connectivity index (χ2v) is 8.08. The largest absolute Gasteiger partial charge is 0.494 e. The van der Waals surface area contributed by atoms with Crippen molar-refractivity contribution in [3.8, 4) is 5.75 Å². The molecule has 0 saturated heterocycles. The third kappa shape index (κ3) is 3.39. The van der Waals surface area contributed by atoms with Crippen LogP contribution in [0.25, 0.3) is 10.8 Å². The molecular weight excluding hydrogens is 336 g/mol. The van der Waals surface area contributed by atoms with Gasteiger partial charge < -0.3 is 4.74 Å². The number of aromatic nitrogens is 2. The molecule has 0 atom stereocenters. The summed E-state index contributed by atoms with van der Waals surface area (Å²) < 4.78 is 32.8. The van der Waals surface area contributed by atoms with Crippen LogP contribution in [0.15, 0.2) is 53.7 Å². The van der Waals surface area contributed by atoms with Crippen LogP contribution >= 0.6 is 0 Å². The van der Waals surface area contributed by atoms with Crippen molar-refractivity contribution < 1.29 is 13.2 Å². The summed E-state index contributed by atoms with van der Waals surface area (Å²) in [5, 5.41) is 1.80. The number of hydrogen-bond acceptors (Lipinski definition) is 4. The van der Waals surface area contributed by atoms with Crippen molar-refractivity contribution in [3.63, 3.8) is 0 Å². The van der Waals surface area contributed by atoms with Gasteiger partial charge in [0.2, 0.25) is 0 Å². The second kappa shape index (κ2) is 6.88. The molecule has 2 aromatic carbocycles. The minimum Gasteiger partial charge on any atom is -0.494 e. The predicted molar refractivity (Wildman–Crippen MR) is 98.6 cm³/mol. The van der Waals surface area contributed by atoms with Crippen LogP contribution < -0.4 is 4.74 Å². The summed E-state index contributed by atoms with van der Waals surface area (Å²) in [6.07, 6.45) is 3.96. The minimum atomic E-state index is -3.66. The maximum atomic E-state index is 13.0. The van der Waals surface area contributed by atoms with Crippen LogP contribution in [0.4, 0.5) is 0 Å². The standard InChI is InChI=1S/C19H22N2O3S/c1-4-11-24-17-7-5-16-13-18(8-6-15(16)12-17)25(22,23)21-10-9-20-19(21)14(2)3/h5-10,12-14H,4,11H2,1-3H3. The smallest absolute Gasteiger partial charge is 0.269 e. The summed E-state index contributed by atoms with van der Waals surface area (Å²) in [6.45, 7) is 6.56. The molecule has 0 aliphatic heterocycles. The number of benzene rings is 2. The molecule has 0 fully saturated rings. The highest BCUT2D eigenvalue weighted by atomic mass is 32.2. The Balaban J connectivity index is 2.02. The molecule has 0 aliphatic rings. The van der Waals surface area contributed by atoms with Crippen LogP contribution in [-0.2, 0) is 10.0 Å². The van der Waals surface area contributed by atoms with Crippen LogP contribution in [-0.4, -0.2) is 24.0 Å². The van der Waals surface area contributed by atoms with Gasteiger partial charge in [-0.15, -0.1) is 0 Å². The molecule has 1 aromatic heterocycles. The van der Waals surface area contributed by atoms with Crippen molar-refractivity contribution in [3.05, 3.63) is 54.6 Å². The Morgan fingerprint density at radius 2 is 1.84 bits per heavy atom. The Hall–Kier alpha value is -2.34. The zero-order valence-corrected chi connectivity index (χ0v) is 15.5. The molecule has 0 radical (unpaired) electrons. The Kier molecular flexibility index (Phi) is 4.81. The van der Waals surface area contributed by atoms with Crippen LogP contribution in [0.2, 0.25) is 0 Å². The fourth-order valence-corrected chi connectivity index (χ4v) is 4.16. The molecule has 1 heterocycles. The van der Waals surface area contributed by atoms with Gasteiger partial charge in [-0.2, -0.15) is 0 Å². The first kappa shape index (κ1) is 17.5. The van der Waals surface area contributed by atoms with E-state index in [0.29, 0.717) is 12.4 Å². The van der Waals surface area contributed by atoms with Gasteiger partial charge >= 0.3 is 0 Å². The lowest BCUT2D eigenvalue weighted by molar-refractivity contribution is 0.318. The van der Waals surface area contributed by atoms with Crippen LogP contribution in [0.5, 0.6) is 5.75 Å². The summed E-state index contributed by atoms with van der Waals surface area (Å²) >= 11 is 0. The number of nitrogens with zero attached hydrogens (tertiary/aromatic N) is 2. The van der Waals surface area contributed by atoms with Crippen molar-refractivity contribution in [1.29, 1.82) is 0 Å². The summed E-state index contributed by atoms with van der Waals surface area (Å²) in [5.41, 5.74) is 0. The quantitative estimate of drug-likeness (QED) is 0.663. The predicted octanol–water partition coefficient (Wildman–Crippen LogP) is 4.19. The summed E-state index contributed by atoms with van der Waals surface area (Å²) in [4.78, 5) is 4.43. The fourth-order valence-electron chi connectivity index (χ4n) is 2.70. The lowest BCUT2D eigenvalue weighted by atomic mass is 10.1. The number of fused-ring (bicyclic) bond motifs is 1. The molecular formula is C19H22N2O3S. The molecule has 0 aliphatic carbocycles. The molecule has 0 bridgehead atoms. The van der Waals surface area contributed by atoms with Gasteiger partial charge in [0.05, 0.1) is 11.5 Å². The lowest BCUT2D eigenvalue weighted by Gasteiger charge is -2.12. The first-order valence-electron chi connectivity index (χ1n) is 8.39. The monoisotopic (exact) mass is 358 g/mol. The van der Waals surface area contributed by atoms with E-state index in [-0.39, 0.29) is 10.8 Å². The van der Waals surface area contributed by atoms with Crippen LogP contribution in [0.3, 0.4) is 0 Å². The van der Waals surface area contributed by atoms with E-state index in [1.165, 1.54) is 16.4 Å². The number of hydrogen-bond donors (Lipinski definition) is 0. The maximum absolute atomic E-state index is 13.0. The zero-order chi connectivity index (χ0) is 18.0. The number of rotatable bonds is 6. The highest BCUT2D eigenvalue weighted by Gasteiger charge is 2.21. The SMILES string of the molecule is CCCOc1ccc2cc(S(=O)(=O)n3ccnc3C(C)C)ccc2c1. The molecule has 5 nitrogen and oxygen atoms in total. The number of ether oxygens (including phenoxy) is 1. The highest BCUT2D eigenvalue weighted by molar-refractivity contribution is 7.90. The van der Waals surface area contributed by atoms with Crippen LogP contribution in [0, 0.1) is 0 Å². The minimum absolute atomic E-state index is 0.0171. The lowest BCUT2D eigenvalue weighted by Crippen LogP contribution is -2.16. The van der Waals surface area contributed by atoms with Gasteiger partial charge in [-0.25, -0.2) is 17.4 Å². The molecule has 3 rings (SSSR count). The van der Waals surface area contributed by atoms with Crippen molar-refractivity contribution >= 4 is 20.8 Å². The molecule has 0 unspecified atom stereocenters. The molecule has 0 amide bonds. The van der Waals surface area contributed by atoms with Gasteiger partial charge in [0, 0.05) is 18.3 Å². The van der Waals surface area contributed by atoms with E-state index in [1.807, 2.05) is 38.1 Å². The average molecular weight is 358 g/mol. The van der Waals surface area contributed by atoms with E-state index in [0.717, 1.165) is 22.9 Å². The van der Waals surface area contributed by atoms with Crippen molar-refractivity contribution in [2.75, 3.05) is 6.61 Å². The molecule has 0 N–H and O–H groups in total. The van der Waals surface area contributed by atoms with Crippen molar-refractivity contribution in [1.82, 2.24) is 8.96 Å². The molecule has 3 aromatic rings. The van der Waals surface area contributed by atoms with Crippen LogP contribution in [0.1, 0.15) is 38.9 Å². The highest BCUT2D eigenvalue weighted by Crippen LogP contribution is 2.26. The van der Waals surface area contributed by atoms with E-state index < -0.39 is 10.0 Å². The van der Waals surface area contributed by atoms with Gasteiger partial charge in [-0.05, 0) is 41.5 Å². The van der Waals surface area contributed by atoms with E-state index in [1.54, 1.807) is 12.1 Å². The van der Waals surface area contributed by atoms with Gasteiger partial charge in [-0.1, -0.05) is 32.9 Å². The molecule has 132 valence electrons. The molecule has 0 spiro atoms. The molecule has 25 heavy (non-hydrogen) atoms. The normalized spacial score (nSPS) is 12.0. The summed E-state index contributed by atoms with van der Waals surface area (Å²) in [5.74, 6) is 1.34. The van der Waals surface area contributed by atoms with E-state index >= 15 is 0 Å². The van der Waals surface area contributed by atoms with E-state index in [2.05, 4.69) is 11.9 Å². The van der Waals surface area contributed by atoms with Gasteiger partial charge in [0.25, 0.3) is 10.0 Å². The van der Waals surface area contributed by atoms with E-state index in [4.69, 9.17) is 4.74 Å². The Labute approximate surface area is 148 Å². The number of imidazole rings is 1. The third-order valence-corrected chi connectivity index (χ3v) is 5.64. The molecule has 0 saturated carbocycles. The van der Waals surface area contributed by atoms with Gasteiger partial charge in [0.1, 0.15) is 11.6 Å². The average Bonchev–Trinajstić information content (AvgIpc) is 3.10. The van der Waals surface area contributed by atoms with Gasteiger partial charge in [0.15, 0.2) is 0 Å². The Morgan fingerprint density at radius 3 is 2.56 bits per heavy atom. The Morgan fingerprint density at radius 1 is 1.12 bits per heavy atom. The first-order valence-corrected chi connectivity index (χ1v) is 9.83. The fraction of sp³-hybridized carbons (Fsp3) is 0.316. The Bertz CT molecular complexity index is 991. The van der Waals surface area contributed by atoms with Crippen molar-refractivity contribution in [2.24, 2.45) is 0 Å².